The maximum absolute atomic E-state index is 9.34. The Hall–Kier alpha value is -0.570. The summed E-state index contributed by atoms with van der Waals surface area (Å²) >= 11 is 5.51. The first kappa shape index (κ1) is 13.4. The normalized spacial score (nSPS) is 11.6. The van der Waals surface area contributed by atoms with Crippen LogP contribution in [0.4, 0.5) is 0 Å². The van der Waals surface area contributed by atoms with Crippen LogP contribution in [0.5, 0.6) is 0 Å². The Morgan fingerprint density at radius 3 is 2.86 bits per heavy atom. The fourth-order valence-electron chi connectivity index (χ4n) is 1.12. The molecule has 78 valence electrons. The number of hydrogen-bond acceptors (Lipinski definition) is 1. The van der Waals surface area contributed by atoms with Crippen LogP contribution < -0.4 is 17.0 Å². The van der Waals surface area contributed by atoms with Gasteiger partial charge in [0, 0.05) is 18.2 Å². The van der Waals surface area contributed by atoms with E-state index in [1.165, 1.54) is 0 Å². The number of hydrogen-bond donors (Lipinski definition) is 1. The molecule has 0 amide bonds. The molecule has 4 heteroatoms. The molecule has 1 aromatic heterocycles. The van der Waals surface area contributed by atoms with Crippen LogP contribution in [0.3, 0.4) is 0 Å². The monoisotopic (exact) mass is 233 g/mol. The molecule has 14 heavy (non-hydrogen) atoms. The van der Waals surface area contributed by atoms with Crippen molar-refractivity contribution in [3.8, 4) is 0 Å². The zero-order valence-corrected chi connectivity index (χ0v) is 9.25. The summed E-state index contributed by atoms with van der Waals surface area (Å²) in [6, 6.07) is 5.78. The van der Waals surface area contributed by atoms with E-state index >= 15 is 0 Å². The minimum atomic E-state index is -0.507. The van der Waals surface area contributed by atoms with E-state index in [4.69, 9.17) is 11.6 Å². The minimum Gasteiger partial charge on any atom is -1.00 e. The molecule has 0 bridgehead atoms. The van der Waals surface area contributed by atoms with Crippen molar-refractivity contribution in [1.29, 1.82) is 0 Å². The van der Waals surface area contributed by atoms with Crippen molar-refractivity contribution in [2.45, 2.75) is 12.6 Å². The zero-order valence-electron chi connectivity index (χ0n) is 7.74. The number of aliphatic hydroxyl groups excluding tert-OH is 1. The standard InChI is InChI=1S/C10H13ClNO.ClH/c1-2-9-5-3-4-6-12(9)8-10(13)7-11;/h2-6,10,13H,1,7-8H2;1H/q+1;/p-1. The summed E-state index contributed by atoms with van der Waals surface area (Å²) in [5, 5.41) is 9.34. The Labute approximate surface area is 95.2 Å². The maximum atomic E-state index is 9.34. The van der Waals surface area contributed by atoms with Crippen LogP contribution in [0.15, 0.2) is 31.0 Å². The lowest BCUT2D eigenvalue weighted by atomic mass is 10.3. The van der Waals surface area contributed by atoms with E-state index in [-0.39, 0.29) is 18.3 Å². The Morgan fingerprint density at radius 1 is 1.57 bits per heavy atom. The first-order valence-corrected chi connectivity index (χ1v) is 4.66. The number of rotatable bonds is 4. The van der Waals surface area contributed by atoms with E-state index in [9.17, 15) is 5.11 Å². The number of halogens is 2. The first-order chi connectivity index (χ1) is 6.27. The molecule has 0 radical (unpaired) electrons. The topological polar surface area (TPSA) is 24.1 Å². The van der Waals surface area contributed by atoms with Crippen LogP contribution in [0.25, 0.3) is 6.08 Å². The fraction of sp³-hybridized carbons (Fsp3) is 0.300. The van der Waals surface area contributed by atoms with Gasteiger partial charge in [-0.05, 0) is 6.07 Å². The maximum Gasteiger partial charge on any atom is 0.204 e. The van der Waals surface area contributed by atoms with Gasteiger partial charge in [0.2, 0.25) is 5.69 Å². The third-order valence-corrected chi connectivity index (χ3v) is 2.13. The average Bonchev–Trinajstić information content (AvgIpc) is 2.18. The Morgan fingerprint density at radius 2 is 2.29 bits per heavy atom. The third-order valence-electron chi connectivity index (χ3n) is 1.77. The van der Waals surface area contributed by atoms with Crippen LogP contribution in [0.2, 0.25) is 0 Å². The van der Waals surface area contributed by atoms with Crippen molar-refractivity contribution in [3.63, 3.8) is 0 Å². The van der Waals surface area contributed by atoms with Crippen molar-refractivity contribution in [2.75, 3.05) is 5.88 Å². The summed E-state index contributed by atoms with van der Waals surface area (Å²) in [5.41, 5.74) is 0.978. The minimum absolute atomic E-state index is 0. The quantitative estimate of drug-likeness (QED) is 0.483. The lowest BCUT2D eigenvalue weighted by Crippen LogP contribution is -3.00. The number of pyridine rings is 1. The zero-order chi connectivity index (χ0) is 9.68. The molecule has 2 nitrogen and oxygen atoms in total. The van der Waals surface area contributed by atoms with E-state index in [2.05, 4.69) is 6.58 Å². The van der Waals surface area contributed by atoms with Gasteiger partial charge in [0.15, 0.2) is 12.7 Å². The molecule has 1 N–H and O–H groups in total. The molecule has 0 aliphatic carbocycles. The molecule has 0 aliphatic heterocycles. The molecule has 0 aromatic carbocycles. The number of alkyl halides is 1. The predicted octanol–water partition coefficient (Wildman–Crippen LogP) is -1.78. The van der Waals surface area contributed by atoms with Crippen molar-refractivity contribution in [3.05, 3.63) is 36.7 Å². The number of nitrogens with zero attached hydrogens (tertiary/aromatic N) is 1. The summed E-state index contributed by atoms with van der Waals surface area (Å²) in [6.07, 6.45) is 3.14. The van der Waals surface area contributed by atoms with Crippen molar-refractivity contribution in [2.24, 2.45) is 0 Å². The summed E-state index contributed by atoms with van der Waals surface area (Å²) in [5.74, 6) is 0.248. The smallest absolute Gasteiger partial charge is 0.204 e. The van der Waals surface area contributed by atoms with Crippen molar-refractivity contribution in [1.82, 2.24) is 0 Å². The second-order valence-electron chi connectivity index (χ2n) is 2.79. The van der Waals surface area contributed by atoms with Gasteiger partial charge in [-0.3, -0.25) is 0 Å². The Kier molecular flexibility index (Phi) is 6.54. The van der Waals surface area contributed by atoms with E-state index in [1.807, 2.05) is 29.0 Å². The van der Waals surface area contributed by atoms with Gasteiger partial charge in [-0.15, -0.1) is 11.6 Å². The van der Waals surface area contributed by atoms with Gasteiger partial charge in [0.1, 0.15) is 6.10 Å². The van der Waals surface area contributed by atoms with E-state index < -0.39 is 6.10 Å². The van der Waals surface area contributed by atoms with Gasteiger partial charge < -0.3 is 17.5 Å². The molecule has 1 unspecified atom stereocenters. The predicted molar refractivity (Wildman–Crippen MR) is 53.5 cm³/mol. The van der Waals surface area contributed by atoms with Gasteiger partial charge in [-0.25, -0.2) is 0 Å². The second kappa shape index (κ2) is 6.82. The number of aliphatic hydroxyl groups is 1. The summed E-state index contributed by atoms with van der Waals surface area (Å²) in [4.78, 5) is 0. The second-order valence-corrected chi connectivity index (χ2v) is 3.10. The van der Waals surface area contributed by atoms with Gasteiger partial charge in [0.05, 0.1) is 5.88 Å². The largest absolute Gasteiger partial charge is 1.00 e. The first-order valence-electron chi connectivity index (χ1n) is 4.13. The highest BCUT2D eigenvalue weighted by Crippen LogP contribution is 1.95. The summed E-state index contributed by atoms with van der Waals surface area (Å²) < 4.78 is 1.92. The summed E-state index contributed by atoms with van der Waals surface area (Å²) in [7, 11) is 0. The van der Waals surface area contributed by atoms with Crippen molar-refractivity contribution < 1.29 is 22.1 Å². The van der Waals surface area contributed by atoms with Gasteiger partial charge >= 0.3 is 0 Å². The highest BCUT2D eigenvalue weighted by atomic mass is 35.5. The van der Waals surface area contributed by atoms with E-state index in [0.29, 0.717) is 6.54 Å². The van der Waals surface area contributed by atoms with Crippen LogP contribution in [-0.4, -0.2) is 17.1 Å². The third kappa shape index (κ3) is 3.66. The van der Waals surface area contributed by atoms with E-state index in [0.717, 1.165) is 5.69 Å². The number of aromatic nitrogens is 1. The molecule has 0 aliphatic rings. The van der Waals surface area contributed by atoms with Gasteiger partial charge in [-0.2, -0.15) is 4.57 Å². The van der Waals surface area contributed by atoms with Crippen LogP contribution in [0, 0.1) is 0 Å². The van der Waals surface area contributed by atoms with Crippen molar-refractivity contribution >= 4 is 17.7 Å². The lowest BCUT2D eigenvalue weighted by Gasteiger charge is -2.03. The molecule has 1 rings (SSSR count). The van der Waals surface area contributed by atoms with Gasteiger partial charge in [0.25, 0.3) is 0 Å². The average molecular weight is 234 g/mol. The molecule has 1 heterocycles. The summed E-state index contributed by atoms with van der Waals surface area (Å²) in [6.45, 7) is 4.19. The lowest BCUT2D eigenvalue weighted by molar-refractivity contribution is -0.704. The molecule has 0 fully saturated rings. The highest BCUT2D eigenvalue weighted by molar-refractivity contribution is 6.18. The van der Waals surface area contributed by atoms with Crippen LogP contribution >= 0.6 is 11.6 Å². The SMILES string of the molecule is C=Cc1cccc[n+]1CC(O)CCl.[Cl-]. The van der Waals surface area contributed by atoms with Gasteiger partial charge in [-0.1, -0.05) is 6.58 Å². The molecule has 0 saturated carbocycles. The fourth-order valence-corrected chi connectivity index (χ4v) is 1.21. The molecule has 0 spiro atoms. The molecule has 1 aromatic rings. The highest BCUT2D eigenvalue weighted by Gasteiger charge is 2.11. The van der Waals surface area contributed by atoms with Crippen LogP contribution in [-0.2, 0) is 6.54 Å². The molecular weight excluding hydrogens is 221 g/mol. The Bertz CT molecular complexity index is 291. The van der Waals surface area contributed by atoms with E-state index in [1.54, 1.807) is 6.08 Å². The molecule has 0 saturated heterocycles. The van der Waals surface area contributed by atoms with Crippen LogP contribution in [0.1, 0.15) is 5.69 Å². The Balaban J connectivity index is 0.00000169. The molecular formula is C10H13Cl2NO. The molecule has 1 atom stereocenters.